The van der Waals surface area contributed by atoms with Crippen molar-refractivity contribution in [3.8, 4) is 0 Å². The fourth-order valence-electron chi connectivity index (χ4n) is 1.64. The molecule has 96 valence electrons. The Morgan fingerprint density at radius 1 is 1.35 bits per heavy atom. The molecule has 3 N–H and O–H groups in total. The van der Waals surface area contributed by atoms with Gasteiger partial charge in [-0.05, 0) is 25.8 Å². The zero-order valence-corrected chi connectivity index (χ0v) is 9.46. The Morgan fingerprint density at radius 3 is 2.53 bits per heavy atom. The fourth-order valence-corrected chi connectivity index (χ4v) is 1.64. The van der Waals surface area contributed by atoms with Gasteiger partial charge in [0.15, 0.2) is 0 Å². The van der Waals surface area contributed by atoms with Crippen LogP contribution in [0.1, 0.15) is 31.7 Å². The second-order valence-electron chi connectivity index (χ2n) is 4.18. The summed E-state index contributed by atoms with van der Waals surface area (Å²) in [5.41, 5.74) is 4.55. The number of anilines is 1. The first-order valence-corrected chi connectivity index (χ1v) is 5.22. The maximum atomic E-state index is 12.0. The van der Waals surface area contributed by atoms with Crippen molar-refractivity contribution in [2.75, 3.05) is 5.73 Å². The summed E-state index contributed by atoms with van der Waals surface area (Å²) in [6.07, 6.45) is -3.81. The van der Waals surface area contributed by atoms with Gasteiger partial charge in [-0.25, -0.2) is 4.98 Å². The molecule has 0 aromatic carbocycles. The van der Waals surface area contributed by atoms with E-state index >= 15 is 0 Å². The van der Waals surface area contributed by atoms with Crippen LogP contribution in [0.25, 0.3) is 0 Å². The number of nitrogens with two attached hydrogens (primary N) is 1. The molecular formula is C11H15F3N2O. The van der Waals surface area contributed by atoms with E-state index in [2.05, 4.69) is 4.98 Å². The molecule has 1 unspecified atom stereocenters. The highest BCUT2D eigenvalue weighted by Gasteiger charge is 2.30. The van der Waals surface area contributed by atoms with Gasteiger partial charge in [0.1, 0.15) is 5.82 Å². The maximum absolute atomic E-state index is 12.0. The van der Waals surface area contributed by atoms with Gasteiger partial charge < -0.3 is 10.8 Å². The fraction of sp³-hybridized carbons (Fsp3) is 0.545. The zero-order chi connectivity index (χ0) is 13.1. The van der Waals surface area contributed by atoms with Crippen molar-refractivity contribution in [3.63, 3.8) is 0 Å². The Hall–Kier alpha value is -1.30. The SMILES string of the molecule is CC(O)(CCCC(F)(F)F)c1cccnc1N. The van der Waals surface area contributed by atoms with Crippen LogP contribution in [0.4, 0.5) is 19.0 Å². The smallest absolute Gasteiger partial charge is 0.385 e. The van der Waals surface area contributed by atoms with E-state index < -0.39 is 18.2 Å². The van der Waals surface area contributed by atoms with Crippen molar-refractivity contribution >= 4 is 5.82 Å². The van der Waals surface area contributed by atoms with Crippen LogP contribution in [0.3, 0.4) is 0 Å². The molecule has 0 aliphatic rings. The summed E-state index contributed by atoms with van der Waals surface area (Å²) in [6, 6.07) is 3.15. The molecule has 6 heteroatoms. The van der Waals surface area contributed by atoms with E-state index in [9.17, 15) is 18.3 Å². The number of halogens is 3. The molecule has 0 bridgehead atoms. The van der Waals surface area contributed by atoms with Gasteiger partial charge in [-0.15, -0.1) is 0 Å². The normalized spacial score (nSPS) is 15.6. The van der Waals surface area contributed by atoms with Crippen molar-refractivity contribution in [2.24, 2.45) is 0 Å². The van der Waals surface area contributed by atoms with Gasteiger partial charge in [-0.3, -0.25) is 0 Å². The molecule has 17 heavy (non-hydrogen) atoms. The van der Waals surface area contributed by atoms with Crippen LogP contribution in [-0.4, -0.2) is 16.3 Å². The summed E-state index contributed by atoms with van der Waals surface area (Å²) in [7, 11) is 0. The van der Waals surface area contributed by atoms with Gasteiger partial charge >= 0.3 is 6.18 Å². The zero-order valence-electron chi connectivity index (χ0n) is 9.46. The predicted octanol–water partition coefficient (Wildman–Crippen LogP) is 2.60. The molecule has 3 nitrogen and oxygen atoms in total. The molecule has 0 radical (unpaired) electrons. The topological polar surface area (TPSA) is 59.1 Å². The molecule has 1 aromatic rings. The molecule has 0 spiro atoms. The third-order valence-electron chi connectivity index (χ3n) is 2.54. The third-order valence-corrected chi connectivity index (χ3v) is 2.54. The maximum Gasteiger partial charge on any atom is 0.389 e. The molecule has 0 aliphatic carbocycles. The molecule has 1 rings (SSSR count). The largest absolute Gasteiger partial charge is 0.389 e. The number of rotatable bonds is 4. The molecule has 0 fully saturated rings. The molecule has 0 saturated heterocycles. The first-order valence-electron chi connectivity index (χ1n) is 5.22. The number of aliphatic hydroxyl groups is 1. The van der Waals surface area contributed by atoms with Crippen LogP contribution in [-0.2, 0) is 5.60 Å². The van der Waals surface area contributed by atoms with E-state index in [1.165, 1.54) is 13.1 Å². The molecule has 1 atom stereocenters. The van der Waals surface area contributed by atoms with Crippen molar-refractivity contribution in [3.05, 3.63) is 23.9 Å². The lowest BCUT2D eigenvalue weighted by atomic mass is 9.91. The van der Waals surface area contributed by atoms with Crippen LogP contribution in [0.15, 0.2) is 18.3 Å². The highest BCUT2D eigenvalue weighted by molar-refractivity contribution is 5.42. The van der Waals surface area contributed by atoms with Gasteiger partial charge in [0, 0.05) is 18.2 Å². The van der Waals surface area contributed by atoms with Crippen LogP contribution >= 0.6 is 0 Å². The van der Waals surface area contributed by atoms with Crippen molar-refractivity contribution < 1.29 is 18.3 Å². The molecule has 1 heterocycles. The van der Waals surface area contributed by atoms with Gasteiger partial charge in [-0.1, -0.05) is 6.07 Å². The summed E-state index contributed by atoms with van der Waals surface area (Å²) in [6.45, 7) is 1.44. The second kappa shape index (κ2) is 4.91. The molecule has 0 aliphatic heterocycles. The number of hydrogen-bond acceptors (Lipinski definition) is 3. The summed E-state index contributed by atoms with van der Waals surface area (Å²) in [5, 5.41) is 10.1. The second-order valence-corrected chi connectivity index (χ2v) is 4.18. The van der Waals surface area contributed by atoms with Gasteiger partial charge in [0.05, 0.1) is 5.60 Å². The Kier molecular flexibility index (Phi) is 3.98. The van der Waals surface area contributed by atoms with E-state index in [1.807, 2.05) is 0 Å². The van der Waals surface area contributed by atoms with Crippen LogP contribution in [0, 0.1) is 0 Å². The van der Waals surface area contributed by atoms with E-state index in [0.29, 0.717) is 5.56 Å². The summed E-state index contributed by atoms with van der Waals surface area (Å²) in [4.78, 5) is 3.80. The Morgan fingerprint density at radius 2 is 2.00 bits per heavy atom. The molecular weight excluding hydrogens is 233 g/mol. The number of aromatic nitrogens is 1. The summed E-state index contributed by atoms with van der Waals surface area (Å²) >= 11 is 0. The van der Waals surface area contributed by atoms with E-state index in [4.69, 9.17) is 5.73 Å². The van der Waals surface area contributed by atoms with E-state index in [0.717, 1.165) is 0 Å². The lowest BCUT2D eigenvalue weighted by Crippen LogP contribution is -2.24. The lowest BCUT2D eigenvalue weighted by molar-refractivity contribution is -0.137. The average molecular weight is 248 g/mol. The monoisotopic (exact) mass is 248 g/mol. The van der Waals surface area contributed by atoms with Gasteiger partial charge in [0.25, 0.3) is 0 Å². The highest BCUT2D eigenvalue weighted by atomic mass is 19.4. The van der Waals surface area contributed by atoms with Crippen LogP contribution < -0.4 is 5.73 Å². The number of nitrogen functional groups attached to an aromatic ring is 1. The molecule has 0 amide bonds. The van der Waals surface area contributed by atoms with Gasteiger partial charge in [0.2, 0.25) is 0 Å². The average Bonchev–Trinajstić information content (AvgIpc) is 2.15. The Labute approximate surface area is 97.5 Å². The quantitative estimate of drug-likeness (QED) is 0.861. The molecule has 0 saturated carbocycles. The number of alkyl halides is 3. The molecule has 1 aromatic heterocycles. The lowest BCUT2D eigenvalue weighted by Gasteiger charge is -2.24. The number of pyridine rings is 1. The van der Waals surface area contributed by atoms with E-state index in [-0.39, 0.29) is 18.7 Å². The first kappa shape index (κ1) is 13.8. The Bertz CT molecular complexity index is 377. The summed E-state index contributed by atoms with van der Waals surface area (Å²) < 4.78 is 36.0. The van der Waals surface area contributed by atoms with Crippen molar-refractivity contribution in [1.29, 1.82) is 0 Å². The summed E-state index contributed by atoms with van der Waals surface area (Å²) in [5.74, 6) is 0.143. The minimum Gasteiger partial charge on any atom is -0.385 e. The minimum absolute atomic E-state index is 0.0115. The minimum atomic E-state index is -4.20. The van der Waals surface area contributed by atoms with Crippen LogP contribution in [0.5, 0.6) is 0 Å². The standard InChI is InChI=1S/C11H15F3N2O/c1-10(17,5-3-6-11(12,13)14)8-4-2-7-16-9(8)15/h2,4,7,17H,3,5-6H2,1H3,(H2,15,16). The van der Waals surface area contributed by atoms with E-state index in [1.54, 1.807) is 12.1 Å². The first-order chi connectivity index (χ1) is 7.72. The Balaban J connectivity index is 2.66. The third kappa shape index (κ3) is 4.22. The highest BCUT2D eigenvalue weighted by Crippen LogP contribution is 2.32. The van der Waals surface area contributed by atoms with Gasteiger partial charge in [-0.2, -0.15) is 13.2 Å². The predicted molar refractivity (Wildman–Crippen MR) is 58.1 cm³/mol. The number of nitrogens with zero attached hydrogens (tertiary/aromatic N) is 1. The number of hydrogen-bond donors (Lipinski definition) is 2. The van der Waals surface area contributed by atoms with Crippen molar-refractivity contribution in [1.82, 2.24) is 4.98 Å². The van der Waals surface area contributed by atoms with Crippen LogP contribution in [0.2, 0.25) is 0 Å². The van der Waals surface area contributed by atoms with Crippen molar-refractivity contribution in [2.45, 2.75) is 38.0 Å².